The van der Waals surface area contributed by atoms with Crippen LogP contribution >= 0.6 is 11.8 Å². The van der Waals surface area contributed by atoms with Gasteiger partial charge in [0.15, 0.2) is 0 Å². The number of carboxylic acid groups (broad SMARTS) is 1. The lowest BCUT2D eigenvalue weighted by molar-refractivity contribution is -0.136. The molecule has 0 saturated carbocycles. The molecule has 0 aromatic carbocycles. The monoisotopic (exact) mass is 219 g/mol. The van der Waals surface area contributed by atoms with E-state index in [4.69, 9.17) is 5.11 Å². The molecule has 2 N–H and O–H groups in total. The van der Waals surface area contributed by atoms with E-state index in [1.54, 1.807) is 0 Å². The number of thioether (sulfide) groups is 1. The number of hydrogen-bond donors (Lipinski definition) is 2. The van der Waals surface area contributed by atoms with Crippen molar-refractivity contribution in [1.82, 2.24) is 5.32 Å². The Hall–Kier alpha value is -0.710. The van der Waals surface area contributed by atoms with Crippen LogP contribution in [-0.4, -0.2) is 34.5 Å². The third-order valence-corrected chi connectivity index (χ3v) is 2.74. The van der Waals surface area contributed by atoms with Crippen LogP contribution in [0.5, 0.6) is 0 Å². The molecule has 0 spiro atoms. The molecule has 5 heteroatoms. The second kappa shape index (κ2) is 7.67. The topological polar surface area (TPSA) is 66.4 Å². The molecule has 0 aromatic rings. The lowest BCUT2D eigenvalue weighted by Crippen LogP contribution is -2.23. The summed E-state index contributed by atoms with van der Waals surface area (Å²) in [5, 5.41) is 11.2. The molecule has 0 aliphatic heterocycles. The van der Waals surface area contributed by atoms with Crippen molar-refractivity contribution < 1.29 is 14.7 Å². The molecule has 0 radical (unpaired) electrons. The summed E-state index contributed by atoms with van der Waals surface area (Å²) in [5.41, 5.74) is 0. The Morgan fingerprint density at radius 2 is 2.14 bits per heavy atom. The van der Waals surface area contributed by atoms with Gasteiger partial charge in [-0.05, 0) is 6.92 Å². The van der Waals surface area contributed by atoms with Gasteiger partial charge in [-0.1, -0.05) is 6.92 Å². The summed E-state index contributed by atoms with van der Waals surface area (Å²) in [5.74, 6) is -0.0779. The average Bonchev–Trinajstić information content (AvgIpc) is 2.02. The number of carbonyl (C=O) groups is 2. The number of carboxylic acids is 1. The van der Waals surface area contributed by atoms with Crippen LogP contribution in [0.25, 0.3) is 0 Å². The van der Waals surface area contributed by atoms with Gasteiger partial charge >= 0.3 is 5.97 Å². The van der Waals surface area contributed by atoms with Crippen molar-refractivity contribution >= 4 is 23.6 Å². The first-order chi connectivity index (χ1) is 6.56. The normalized spacial score (nSPS) is 12.1. The van der Waals surface area contributed by atoms with Gasteiger partial charge < -0.3 is 10.4 Å². The van der Waals surface area contributed by atoms with E-state index in [1.807, 2.05) is 13.8 Å². The smallest absolute Gasteiger partial charge is 0.304 e. The van der Waals surface area contributed by atoms with Gasteiger partial charge in [-0.25, -0.2) is 0 Å². The van der Waals surface area contributed by atoms with E-state index in [0.717, 1.165) is 0 Å². The summed E-state index contributed by atoms with van der Waals surface area (Å²) in [7, 11) is 0. The quantitative estimate of drug-likeness (QED) is 0.673. The minimum atomic E-state index is -0.789. The maximum absolute atomic E-state index is 11.0. The maximum Gasteiger partial charge on any atom is 0.304 e. The maximum atomic E-state index is 11.0. The zero-order valence-electron chi connectivity index (χ0n) is 8.58. The van der Waals surface area contributed by atoms with E-state index < -0.39 is 5.97 Å². The highest BCUT2D eigenvalue weighted by molar-refractivity contribution is 7.99. The summed E-state index contributed by atoms with van der Waals surface area (Å²) >= 11 is 1.52. The van der Waals surface area contributed by atoms with Crippen LogP contribution in [0, 0.1) is 0 Å². The van der Waals surface area contributed by atoms with Gasteiger partial charge in [0.05, 0.1) is 6.42 Å². The van der Waals surface area contributed by atoms with Gasteiger partial charge in [0, 0.05) is 24.0 Å². The zero-order valence-corrected chi connectivity index (χ0v) is 9.39. The Balaban J connectivity index is 3.43. The molecule has 0 saturated heterocycles. The Labute approximate surface area is 88.4 Å². The molecule has 0 fully saturated rings. The van der Waals surface area contributed by atoms with Crippen molar-refractivity contribution in [2.75, 3.05) is 12.3 Å². The molecule has 1 unspecified atom stereocenters. The fourth-order valence-corrected chi connectivity index (χ4v) is 1.91. The average molecular weight is 219 g/mol. The van der Waals surface area contributed by atoms with E-state index in [9.17, 15) is 9.59 Å². The van der Waals surface area contributed by atoms with Crippen LogP contribution in [0.3, 0.4) is 0 Å². The minimum Gasteiger partial charge on any atom is -0.481 e. The predicted octanol–water partition coefficient (Wildman–Crippen LogP) is 1.11. The van der Waals surface area contributed by atoms with Crippen LogP contribution in [0.2, 0.25) is 0 Å². The molecular formula is C9H17NO3S. The molecule has 0 rings (SSSR count). The Morgan fingerprint density at radius 1 is 1.50 bits per heavy atom. The van der Waals surface area contributed by atoms with Crippen LogP contribution in [-0.2, 0) is 9.59 Å². The fourth-order valence-electron chi connectivity index (χ4n) is 0.943. The Morgan fingerprint density at radius 3 is 2.64 bits per heavy atom. The third-order valence-electron chi connectivity index (χ3n) is 1.57. The molecule has 0 aliphatic carbocycles. The molecular weight excluding hydrogens is 202 g/mol. The standard InChI is InChI=1S/C9H17NO3S/c1-3-10-8(11)4-5-14-7(2)6-9(12)13/h7H,3-6H2,1-2H3,(H,10,11)(H,12,13). The van der Waals surface area contributed by atoms with Crippen molar-refractivity contribution in [1.29, 1.82) is 0 Å². The predicted molar refractivity (Wildman–Crippen MR) is 57.5 cm³/mol. The van der Waals surface area contributed by atoms with Gasteiger partial charge in [0.1, 0.15) is 0 Å². The van der Waals surface area contributed by atoms with Gasteiger partial charge in [0.25, 0.3) is 0 Å². The molecule has 4 nitrogen and oxygen atoms in total. The lowest BCUT2D eigenvalue weighted by Gasteiger charge is -2.07. The fraction of sp³-hybridized carbons (Fsp3) is 0.778. The van der Waals surface area contributed by atoms with Crippen LogP contribution in [0.1, 0.15) is 26.7 Å². The third kappa shape index (κ3) is 7.91. The number of aliphatic carboxylic acids is 1. The van der Waals surface area contributed by atoms with E-state index in [0.29, 0.717) is 18.7 Å². The van der Waals surface area contributed by atoms with E-state index in [1.165, 1.54) is 11.8 Å². The highest BCUT2D eigenvalue weighted by Gasteiger charge is 2.08. The molecule has 1 amide bonds. The zero-order chi connectivity index (χ0) is 11.0. The summed E-state index contributed by atoms with van der Waals surface area (Å²) in [6, 6.07) is 0. The summed E-state index contributed by atoms with van der Waals surface area (Å²) in [6.07, 6.45) is 0.614. The number of carbonyl (C=O) groups excluding carboxylic acids is 1. The minimum absolute atomic E-state index is 0.0301. The molecule has 0 heterocycles. The van der Waals surface area contributed by atoms with Crippen molar-refractivity contribution in [2.24, 2.45) is 0 Å². The largest absolute Gasteiger partial charge is 0.481 e. The Kier molecular flexibility index (Phi) is 7.28. The number of nitrogens with one attached hydrogen (secondary N) is 1. The van der Waals surface area contributed by atoms with Crippen molar-refractivity contribution in [3.05, 3.63) is 0 Å². The Bertz CT molecular complexity index is 196. The first-order valence-corrected chi connectivity index (χ1v) is 5.71. The summed E-state index contributed by atoms with van der Waals surface area (Å²) in [6.45, 7) is 4.38. The first kappa shape index (κ1) is 13.3. The summed E-state index contributed by atoms with van der Waals surface area (Å²) in [4.78, 5) is 21.3. The van der Waals surface area contributed by atoms with E-state index >= 15 is 0 Å². The second-order valence-electron chi connectivity index (χ2n) is 2.98. The lowest BCUT2D eigenvalue weighted by atomic mass is 10.3. The first-order valence-electron chi connectivity index (χ1n) is 4.66. The van der Waals surface area contributed by atoms with Gasteiger partial charge in [0.2, 0.25) is 5.91 Å². The van der Waals surface area contributed by atoms with Crippen LogP contribution in [0.15, 0.2) is 0 Å². The van der Waals surface area contributed by atoms with E-state index in [2.05, 4.69) is 5.32 Å². The molecule has 0 aliphatic rings. The van der Waals surface area contributed by atoms with Crippen molar-refractivity contribution in [3.63, 3.8) is 0 Å². The number of amides is 1. The van der Waals surface area contributed by atoms with Crippen LogP contribution < -0.4 is 5.32 Å². The number of hydrogen-bond acceptors (Lipinski definition) is 3. The van der Waals surface area contributed by atoms with Gasteiger partial charge in [-0.2, -0.15) is 11.8 Å². The molecule has 14 heavy (non-hydrogen) atoms. The highest BCUT2D eigenvalue weighted by atomic mass is 32.2. The highest BCUT2D eigenvalue weighted by Crippen LogP contribution is 2.14. The molecule has 0 bridgehead atoms. The molecule has 0 aromatic heterocycles. The molecule has 82 valence electrons. The SMILES string of the molecule is CCNC(=O)CCSC(C)CC(=O)O. The second-order valence-corrected chi connectivity index (χ2v) is 4.53. The summed E-state index contributed by atoms with van der Waals surface area (Å²) < 4.78 is 0. The van der Waals surface area contributed by atoms with E-state index in [-0.39, 0.29) is 17.6 Å². The van der Waals surface area contributed by atoms with Crippen LogP contribution in [0.4, 0.5) is 0 Å². The number of rotatable bonds is 7. The van der Waals surface area contributed by atoms with Gasteiger partial charge in [-0.15, -0.1) is 0 Å². The van der Waals surface area contributed by atoms with Gasteiger partial charge in [-0.3, -0.25) is 9.59 Å². The molecule has 1 atom stereocenters. The van der Waals surface area contributed by atoms with Crippen molar-refractivity contribution in [2.45, 2.75) is 31.9 Å². The van der Waals surface area contributed by atoms with Crippen molar-refractivity contribution in [3.8, 4) is 0 Å².